The Labute approximate surface area is 169 Å². The molecule has 9 heteroatoms. The first kappa shape index (κ1) is 21.6. The molecule has 0 radical (unpaired) electrons. The molecule has 1 aliphatic heterocycles. The Hall–Kier alpha value is -2.68. The van der Waals surface area contributed by atoms with Crippen molar-refractivity contribution in [2.24, 2.45) is 0 Å². The molecule has 2 amide bonds. The Morgan fingerprint density at radius 2 is 2.07 bits per heavy atom. The Kier molecular flexibility index (Phi) is 7.74. The van der Waals surface area contributed by atoms with Crippen LogP contribution in [0, 0.1) is 0 Å². The van der Waals surface area contributed by atoms with Gasteiger partial charge < -0.3 is 19.7 Å². The van der Waals surface area contributed by atoms with Gasteiger partial charge in [0.2, 0.25) is 5.91 Å². The average Bonchev–Trinajstić information content (AvgIpc) is 2.63. The Morgan fingerprint density at radius 1 is 1.36 bits per heavy atom. The minimum atomic E-state index is -0.831. The molecule has 152 valence electrons. The standard InChI is InChI=1S/C19H25N3O5S/c1-4-26-16(23)11-14-18(25)20-9-10-22(14)19(28)21-17(24)13-7-5-6-8-15(13)27-12(2)3/h5-8,12,14H,4,9-11H2,1-3H3,(H,20,25)(H,21,24,28). The summed E-state index contributed by atoms with van der Waals surface area (Å²) in [5.41, 5.74) is 0.335. The number of carbonyl (C=O) groups excluding carboxylic acids is 3. The molecule has 2 rings (SSSR count). The Balaban J connectivity index is 2.12. The number of thiocarbonyl (C=S) groups is 1. The first-order valence-corrected chi connectivity index (χ1v) is 9.55. The van der Waals surface area contributed by atoms with Crippen LogP contribution >= 0.6 is 12.2 Å². The van der Waals surface area contributed by atoms with Crippen LogP contribution in [0.3, 0.4) is 0 Å². The number of hydrogen-bond acceptors (Lipinski definition) is 6. The number of nitrogens with one attached hydrogen (secondary N) is 2. The zero-order chi connectivity index (χ0) is 20.7. The molecule has 1 aromatic carbocycles. The summed E-state index contributed by atoms with van der Waals surface area (Å²) in [5, 5.41) is 5.42. The van der Waals surface area contributed by atoms with Crippen molar-refractivity contribution in [3.63, 3.8) is 0 Å². The van der Waals surface area contributed by atoms with Gasteiger partial charge in [0.05, 0.1) is 24.7 Å². The second-order valence-electron chi connectivity index (χ2n) is 6.43. The van der Waals surface area contributed by atoms with E-state index in [0.717, 1.165) is 0 Å². The van der Waals surface area contributed by atoms with Crippen LogP contribution in [0.5, 0.6) is 5.75 Å². The monoisotopic (exact) mass is 407 g/mol. The van der Waals surface area contributed by atoms with Crippen LogP contribution in [0.15, 0.2) is 24.3 Å². The second-order valence-corrected chi connectivity index (χ2v) is 6.82. The largest absolute Gasteiger partial charge is 0.490 e. The van der Waals surface area contributed by atoms with Gasteiger partial charge in [0.25, 0.3) is 5.91 Å². The van der Waals surface area contributed by atoms with E-state index in [1.807, 2.05) is 13.8 Å². The summed E-state index contributed by atoms with van der Waals surface area (Å²) >= 11 is 5.35. The molecule has 28 heavy (non-hydrogen) atoms. The number of amides is 2. The van der Waals surface area contributed by atoms with Crippen molar-refractivity contribution in [2.45, 2.75) is 39.3 Å². The number of carbonyl (C=O) groups is 3. The summed E-state index contributed by atoms with van der Waals surface area (Å²) < 4.78 is 10.6. The summed E-state index contributed by atoms with van der Waals surface area (Å²) in [5.74, 6) is -0.835. The van der Waals surface area contributed by atoms with Crippen molar-refractivity contribution in [2.75, 3.05) is 19.7 Å². The fraction of sp³-hybridized carbons (Fsp3) is 0.474. The van der Waals surface area contributed by atoms with Crippen molar-refractivity contribution in [3.05, 3.63) is 29.8 Å². The van der Waals surface area contributed by atoms with E-state index in [1.165, 1.54) is 4.90 Å². The molecule has 0 aromatic heterocycles. The maximum atomic E-state index is 12.7. The molecule has 1 aromatic rings. The number of hydrogen-bond donors (Lipinski definition) is 2. The normalized spacial score (nSPS) is 16.4. The Morgan fingerprint density at radius 3 is 2.75 bits per heavy atom. The van der Waals surface area contributed by atoms with Crippen LogP contribution < -0.4 is 15.4 Å². The number of esters is 1. The topological polar surface area (TPSA) is 97.0 Å². The molecule has 1 fully saturated rings. The minimum absolute atomic E-state index is 0.0773. The maximum Gasteiger partial charge on any atom is 0.308 e. The summed E-state index contributed by atoms with van der Waals surface area (Å²) in [4.78, 5) is 38.3. The molecule has 1 unspecified atom stereocenters. The first-order chi connectivity index (χ1) is 13.3. The van der Waals surface area contributed by atoms with Crippen LogP contribution in [0.4, 0.5) is 0 Å². The molecule has 1 saturated heterocycles. The van der Waals surface area contributed by atoms with Gasteiger partial charge in [-0.25, -0.2) is 0 Å². The average molecular weight is 407 g/mol. The lowest BCUT2D eigenvalue weighted by Gasteiger charge is -2.36. The third-order valence-electron chi connectivity index (χ3n) is 3.97. The molecule has 0 saturated carbocycles. The van der Waals surface area contributed by atoms with E-state index in [4.69, 9.17) is 21.7 Å². The van der Waals surface area contributed by atoms with E-state index >= 15 is 0 Å². The summed E-state index contributed by atoms with van der Waals surface area (Å²) in [6, 6.07) is 6.01. The van der Waals surface area contributed by atoms with E-state index in [0.29, 0.717) is 24.4 Å². The second kappa shape index (κ2) is 10.0. The van der Waals surface area contributed by atoms with Gasteiger partial charge in [-0.3, -0.25) is 19.7 Å². The predicted molar refractivity (Wildman–Crippen MR) is 107 cm³/mol. The van der Waals surface area contributed by atoms with Gasteiger partial charge in [-0.15, -0.1) is 0 Å². The fourth-order valence-electron chi connectivity index (χ4n) is 2.79. The van der Waals surface area contributed by atoms with Crippen LogP contribution in [0.2, 0.25) is 0 Å². The van der Waals surface area contributed by atoms with E-state index in [1.54, 1.807) is 31.2 Å². The smallest absolute Gasteiger partial charge is 0.308 e. The number of rotatable bonds is 6. The number of benzene rings is 1. The quantitative estimate of drug-likeness (QED) is 0.541. The molecule has 8 nitrogen and oxygen atoms in total. The van der Waals surface area contributed by atoms with Gasteiger partial charge in [0.15, 0.2) is 5.11 Å². The van der Waals surface area contributed by atoms with Crippen LogP contribution in [0.25, 0.3) is 0 Å². The molecule has 0 bridgehead atoms. The lowest BCUT2D eigenvalue weighted by atomic mass is 10.1. The van der Waals surface area contributed by atoms with Gasteiger partial charge >= 0.3 is 5.97 Å². The third kappa shape index (κ3) is 5.66. The zero-order valence-corrected chi connectivity index (χ0v) is 17.0. The number of ether oxygens (including phenoxy) is 2. The first-order valence-electron chi connectivity index (χ1n) is 9.14. The highest BCUT2D eigenvalue weighted by molar-refractivity contribution is 7.80. The molecule has 2 N–H and O–H groups in total. The molecule has 1 atom stereocenters. The number of nitrogens with zero attached hydrogens (tertiary/aromatic N) is 1. The number of piperazine rings is 1. The molecule has 1 heterocycles. The van der Waals surface area contributed by atoms with Gasteiger partial charge in [0, 0.05) is 13.1 Å². The van der Waals surface area contributed by atoms with Crippen molar-refractivity contribution in [1.82, 2.24) is 15.5 Å². The molecule has 0 spiro atoms. The molecular weight excluding hydrogens is 382 g/mol. The minimum Gasteiger partial charge on any atom is -0.490 e. The zero-order valence-electron chi connectivity index (χ0n) is 16.2. The van der Waals surface area contributed by atoms with Crippen LogP contribution in [0.1, 0.15) is 37.6 Å². The highest BCUT2D eigenvalue weighted by atomic mass is 32.1. The van der Waals surface area contributed by atoms with Crippen molar-refractivity contribution >= 4 is 35.1 Å². The molecular formula is C19H25N3O5S. The van der Waals surface area contributed by atoms with Crippen LogP contribution in [-0.2, 0) is 14.3 Å². The molecule has 1 aliphatic rings. The highest BCUT2D eigenvalue weighted by Gasteiger charge is 2.34. The van der Waals surface area contributed by atoms with Crippen molar-refractivity contribution < 1.29 is 23.9 Å². The van der Waals surface area contributed by atoms with E-state index in [9.17, 15) is 14.4 Å². The Bertz CT molecular complexity index is 753. The predicted octanol–water partition coefficient (Wildman–Crippen LogP) is 1.24. The van der Waals surface area contributed by atoms with Gasteiger partial charge in [-0.05, 0) is 45.1 Å². The molecule has 0 aliphatic carbocycles. The van der Waals surface area contributed by atoms with Crippen molar-refractivity contribution in [1.29, 1.82) is 0 Å². The van der Waals surface area contributed by atoms with Crippen molar-refractivity contribution in [3.8, 4) is 5.75 Å². The van der Waals surface area contributed by atoms with Gasteiger partial charge in [-0.2, -0.15) is 0 Å². The van der Waals surface area contributed by atoms with Gasteiger partial charge in [-0.1, -0.05) is 12.1 Å². The van der Waals surface area contributed by atoms with Gasteiger partial charge in [0.1, 0.15) is 11.8 Å². The maximum absolute atomic E-state index is 12.7. The SMILES string of the molecule is CCOC(=O)CC1C(=O)NCCN1C(=S)NC(=O)c1ccccc1OC(C)C. The number of para-hydroxylation sites is 1. The third-order valence-corrected chi connectivity index (χ3v) is 4.31. The summed E-state index contributed by atoms with van der Waals surface area (Å²) in [6.45, 7) is 6.39. The lowest BCUT2D eigenvalue weighted by Crippen LogP contribution is -2.60. The summed E-state index contributed by atoms with van der Waals surface area (Å²) in [7, 11) is 0. The highest BCUT2D eigenvalue weighted by Crippen LogP contribution is 2.19. The van der Waals surface area contributed by atoms with E-state index in [-0.39, 0.29) is 30.2 Å². The summed E-state index contributed by atoms with van der Waals surface area (Å²) in [6.07, 6.45) is -0.247. The lowest BCUT2D eigenvalue weighted by molar-refractivity contribution is -0.147. The fourth-order valence-corrected chi connectivity index (χ4v) is 3.10. The van der Waals surface area contributed by atoms with E-state index < -0.39 is 17.9 Å². The van der Waals surface area contributed by atoms with Crippen LogP contribution in [-0.4, -0.2) is 59.6 Å². The van der Waals surface area contributed by atoms with E-state index in [2.05, 4.69) is 10.6 Å².